The Hall–Kier alpha value is -1.22. The van der Waals surface area contributed by atoms with Crippen LogP contribution in [0.25, 0.3) is 0 Å². The zero-order valence-electron chi connectivity index (χ0n) is 10.8. The number of hydrogen-bond donors (Lipinski definition) is 1. The smallest absolute Gasteiger partial charge is 0.124 e. The average molecular weight is 223 g/mol. The summed E-state index contributed by atoms with van der Waals surface area (Å²) in [7, 11) is 3.34. The highest BCUT2D eigenvalue weighted by molar-refractivity contribution is 5.51. The minimum Gasteiger partial charge on any atom is -0.496 e. The Balaban J connectivity index is 3.49. The Bertz CT molecular complexity index is 367. The van der Waals surface area contributed by atoms with Crippen LogP contribution in [0.2, 0.25) is 0 Å². The SMILES string of the molecule is CCc1c(OC)ccc(OC)c1C(C)(C)N. The molecule has 2 N–H and O–H groups in total. The molecule has 0 unspecified atom stereocenters. The quantitative estimate of drug-likeness (QED) is 0.852. The van der Waals surface area contributed by atoms with Gasteiger partial charge in [-0.25, -0.2) is 0 Å². The summed E-state index contributed by atoms with van der Waals surface area (Å²) in [5.41, 5.74) is 7.90. The van der Waals surface area contributed by atoms with Gasteiger partial charge in [-0.15, -0.1) is 0 Å². The van der Waals surface area contributed by atoms with E-state index < -0.39 is 5.54 Å². The molecule has 0 aromatic heterocycles. The summed E-state index contributed by atoms with van der Waals surface area (Å²) in [5, 5.41) is 0. The third-order valence-electron chi connectivity index (χ3n) is 2.67. The van der Waals surface area contributed by atoms with Crippen molar-refractivity contribution < 1.29 is 9.47 Å². The van der Waals surface area contributed by atoms with E-state index >= 15 is 0 Å². The minimum atomic E-state index is -0.439. The molecule has 1 rings (SSSR count). The molecule has 16 heavy (non-hydrogen) atoms. The summed E-state index contributed by atoms with van der Waals surface area (Å²) in [5.74, 6) is 1.70. The van der Waals surface area contributed by atoms with Crippen LogP contribution < -0.4 is 15.2 Å². The van der Waals surface area contributed by atoms with Crippen LogP contribution in [0.15, 0.2) is 12.1 Å². The van der Waals surface area contributed by atoms with Crippen molar-refractivity contribution in [3.05, 3.63) is 23.3 Å². The molecule has 0 aliphatic heterocycles. The van der Waals surface area contributed by atoms with Crippen LogP contribution in [-0.2, 0) is 12.0 Å². The van der Waals surface area contributed by atoms with E-state index in [4.69, 9.17) is 15.2 Å². The fraction of sp³-hybridized carbons (Fsp3) is 0.538. The van der Waals surface area contributed by atoms with Gasteiger partial charge in [-0.2, -0.15) is 0 Å². The zero-order valence-corrected chi connectivity index (χ0v) is 10.8. The van der Waals surface area contributed by atoms with E-state index in [-0.39, 0.29) is 0 Å². The lowest BCUT2D eigenvalue weighted by Crippen LogP contribution is -2.30. The minimum absolute atomic E-state index is 0.439. The number of rotatable bonds is 4. The summed E-state index contributed by atoms with van der Waals surface area (Å²) in [6.07, 6.45) is 0.871. The van der Waals surface area contributed by atoms with Crippen LogP contribution in [-0.4, -0.2) is 14.2 Å². The van der Waals surface area contributed by atoms with Crippen molar-refractivity contribution in [2.24, 2.45) is 5.73 Å². The Morgan fingerprint density at radius 1 is 1.12 bits per heavy atom. The van der Waals surface area contributed by atoms with E-state index in [2.05, 4.69) is 6.92 Å². The third kappa shape index (κ3) is 2.30. The van der Waals surface area contributed by atoms with Crippen molar-refractivity contribution in [1.82, 2.24) is 0 Å². The van der Waals surface area contributed by atoms with Crippen molar-refractivity contribution in [3.8, 4) is 11.5 Å². The molecule has 1 aromatic rings. The van der Waals surface area contributed by atoms with Crippen LogP contribution in [0.4, 0.5) is 0 Å². The Morgan fingerprint density at radius 2 is 1.62 bits per heavy atom. The summed E-state index contributed by atoms with van der Waals surface area (Å²) in [6.45, 7) is 6.04. The number of ether oxygens (including phenoxy) is 2. The fourth-order valence-electron chi connectivity index (χ4n) is 2.03. The number of nitrogens with two attached hydrogens (primary N) is 1. The monoisotopic (exact) mass is 223 g/mol. The predicted octanol–water partition coefficient (Wildman–Crippen LogP) is 2.46. The molecule has 0 atom stereocenters. The maximum Gasteiger partial charge on any atom is 0.124 e. The first-order valence-electron chi connectivity index (χ1n) is 5.48. The molecular weight excluding hydrogens is 202 g/mol. The summed E-state index contributed by atoms with van der Waals surface area (Å²) in [6, 6.07) is 3.83. The van der Waals surface area contributed by atoms with Crippen LogP contribution in [0.1, 0.15) is 31.9 Å². The maximum atomic E-state index is 6.20. The Kier molecular flexibility index (Phi) is 3.81. The first kappa shape index (κ1) is 12.8. The van der Waals surface area contributed by atoms with Gasteiger partial charge in [0, 0.05) is 16.7 Å². The summed E-state index contributed by atoms with van der Waals surface area (Å²) in [4.78, 5) is 0. The largest absolute Gasteiger partial charge is 0.496 e. The molecule has 0 radical (unpaired) electrons. The zero-order chi connectivity index (χ0) is 12.3. The maximum absolute atomic E-state index is 6.20. The van der Waals surface area contributed by atoms with Gasteiger partial charge in [0.2, 0.25) is 0 Å². The highest BCUT2D eigenvalue weighted by Gasteiger charge is 2.24. The van der Waals surface area contributed by atoms with Crippen molar-refractivity contribution in [1.29, 1.82) is 0 Å². The normalized spacial score (nSPS) is 11.4. The first-order chi connectivity index (χ1) is 7.45. The summed E-state index contributed by atoms with van der Waals surface area (Å²) < 4.78 is 10.7. The summed E-state index contributed by atoms with van der Waals surface area (Å²) >= 11 is 0. The van der Waals surface area contributed by atoms with Gasteiger partial charge in [0.15, 0.2) is 0 Å². The fourth-order valence-corrected chi connectivity index (χ4v) is 2.03. The topological polar surface area (TPSA) is 44.5 Å². The molecule has 0 saturated carbocycles. The van der Waals surface area contributed by atoms with Crippen molar-refractivity contribution in [3.63, 3.8) is 0 Å². The van der Waals surface area contributed by atoms with Gasteiger partial charge in [0.05, 0.1) is 14.2 Å². The lowest BCUT2D eigenvalue weighted by atomic mass is 9.88. The highest BCUT2D eigenvalue weighted by atomic mass is 16.5. The standard InChI is InChI=1S/C13H21NO2/c1-6-9-10(15-4)7-8-11(16-5)12(9)13(2,3)14/h7-8H,6,14H2,1-5H3. The van der Waals surface area contributed by atoms with E-state index in [1.165, 1.54) is 0 Å². The van der Waals surface area contributed by atoms with Crippen LogP contribution >= 0.6 is 0 Å². The van der Waals surface area contributed by atoms with Gasteiger partial charge in [-0.3, -0.25) is 0 Å². The number of hydrogen-bond acceptors (Lipinski definition) is 3. The highest BCUT2D eigenvalue weighted by Crippen LogP contribution is 2.36. The van der Waals surface area contributed by atoms with Crippen molar-refractivity contribution >= 4 is 0 Å². The molecule has 1 aromatic carbocycles. The molecule has 0 heterocycles. The third-order valence-corrected chi connectivity index (χ3v) is 2.67. The lowest BCUT2D eigenvalue weighted by molar-refractivity contribution is 0.380. The van der Waals surface area contributed by atoms with Gasteiger partial charge < -0.3 is 15.2 Å². The van der Waals surface area contributed by atoms with E-state index in [1.54, 1.807) is 14.2 Å². The van der Waals surface area contributed by atoms with E-state index in [9.17, 15) is 0 Å². The van der Waals surface area contributed by atoms with E-state index in [0.717, 1.165) is 29.0 Å². The number of methoxy groups -OCH3 is 2. The number of benzene rings is 1. The predicted molar refractivity (Wildman–Crippen MR) is 66.1 cm³/mol. The van der Waals surface area contributed by atoms with Crippen LogP contribution in [0.5, 0.6) is 11.5 Å². The van der Waals surface area contributed by atoms with Crippen LogP contribution in [0.3, 0.4) is 0 Å². The van der Waals surface area contributed by atoms with Gasteiger partial charge in [-0.1, -0.05) is 6.92 Å². The lowest BCUT2D eigenvalue weighted by Gasteiger charge is -2.26. The van der Waals surface area contributed by atoms with E-state index in [0.29, 0.717) is 0 Å². The van der Waals surface area contributed by atoms with Gasteiger partial charge in [-0.05, 0) is 32.4 Å². The Labute approximate surface area is 97.6 Å². The van der Waals surface area contributed by atoms with Crippen molar-refractivity contribution in [2.45, 2.75) is 32.7 Å². The molecular formula is C13H21NO2. The molecule has 0 aliphatic rings. The molecule has 0 bridgehead atoms. The molecule has 3 nitrogen and oxygen atoms in total. The molecule has 0 amide bonds. The average Bonchev–Trinajstić information content (AvgIpc) is 2.25. The second-order valence-electron chi connectivity index (χ2n) is 4.40. The Morgan fingerprint density at radius 3 is 2.00 bits per heavy atom. The molecule has 3 heteroatoms. The van der Waals surface area contributed by atoms with Gasteiger partial charge in [0.25, 0.3) is 0 Å². The van der Waals surface area contributed by atoms with Crippen LogP contribution in [0, 0.1) is 0 Å². The molecule has 0 spiro atoms. The first-order valence-corrected chi connectivity index (χ1v) is 5.48. The van der Waals surface area contributed by atoms with E-state index in [1.807, 2.05) is 26.0 Å². The second kappa shape index (κ2) is 4.74. The second-order valence-corrected chi connectivity index (χ2v) is 4.40. The van der Waals surface area contributed by atoms with Crippen molar-refractivity contribution in [2.75, 3.05) is 14.2 Å². The van der Waals surface area contributed by atoms with Gasteiger partial charge >= 0.3 is 0 Å². The van der Waals surface area contributed by atoms with Gasteiger partial charge in [0.1, 0.15) is 11.5 Å². The molecule has 90 valence electrons. The molecule has 0 saturated heterocycles. The molecule has 0 fully saturated rings. The molecule has 0 aliphatic carbocycles.